The van der Waals surface area contributed by atoms with E-state index in [0.29, 0.717) is 23.4 Å². The van der Waals surface area contributed by atoms with E-state index in [4.69, 9.17) is 10.5 Å². The van der Waals surface area contributed by atoms with Crippen molar-refractivity contribution < 1.29 is 14.3 Å². The van der Waals surface area contributed by atoms with Crippen LogP contribution in [0.15, 0.2) is 66.9 Å². The molecule has 1 fully saturated rings. The fourth-order valence-corrected chi connectivity index (χ4v) is 3.86. The number of carbonyl (C=O) groups is 2. The van der Waals surface area contributed by atoms with Gasteiger partial charge in [-0.05, 0) is 54.8 Å². The smallest absolute Gasteiger partial charge is 0.254 e. The summed E-state index contributed by atoms with van der Waals surface area (Å²) in [6, 6.07) is 18.2. The normalized spacial score (nSPS) is 15.8. The lowest BCUT2D eigenvalue weighted by molar-refractivity contribution is 0.0732. The Morgan fingerprint density at radius 1 is 1.03 bits per heavy atom. The highest BCUT2D eigenvalue weighted by atomic mass is 16.5. The number of aromatic nitrogens is 1. The highest BCUT2D eigenvalue weighted by Gasteiger charge is 2.31. The quantitative estimate of drug-likeness (QED) is 0.704. The van der Waals surface area contributed by atoms with Crippen LogP contribution in [0.5, 0.6) is 5.75 Å². The van der Waals surface area contributed by atoms with Crippen molar-refractivity contribution in [1.82, 2.24) is 9.88 Å². The molecule has 0 radical (unpaired) electrons. The van der Waals surface area contributed by atoms with Crippen LogP contribution in [0.1, 0.15) is 45.3 Å². The van der Waals surface area contributed by atoms with Gasteiger partial charge in [0.2, 0.25) is 5.91 Å². The lowest BCUT2D eigenvalue weighted by atomic mass is 10.0. The molecule has 0 spiro atoms. The van der Waals surface area contributed by atoms with E-state index < -0.39 is 5.91 Å². The number of benzene rings is 2. The van der Waals surface area contributed by atoms with Crippen LogP contribution in [0.3, 0.4) is 0 Å². The van der Waals surface area contributed by atoms with Gasteiger partial charge in [0, 0.05) is 29.4 Å². The van der Waals surface area contributed by atoms with Crippen molar-refractivity contribution in [3.63, 3.8) is 0 Å². The van der Waals surface area contributed by atoms with Crippen LogP contribution in [0.25, 0.3) is 11.1 Å². The van der Waals surface area contributed by atoms with E-state index in [1.165, 1.54) is 0 Å². The van der Waals surface area contributed by atoms with Crippen LogP contribution in [0.2, 0.25) is 0 Å². The lowest BCUT2D eigenvalue weighted by Crippen LogP contribution is -2.31. The Bertz CT molecular complexity index is 1080. The molecule has 1 saturated heterocycles. The maximum atomic E-state index is 13.1. The molecular weight excluding hydrogens is 378 g/mol. The van der Waals surface area contributed by atoms with E-state index >= 15 is 0 Å². The fraction of sp³-hybridized carbons (Fsp3) is 0.208. The lowest BCUT2D eigenvalue weighted by Gasteiger charge is -2.24. The van der Waals surface area contributed by atoms with E-state index in [1.54, 1.807) is 37.6 Å². The van der Waals surface area contributed by atoms with Crippen molar-refractivity contribution in [3.8, 4) is 16.9 Å². The Morgan fingerprint density at radius 3 is 2.57 bits per heavy atom. The molecular formula is C24H23N3O3. The average Bonchev–Trinajstić information content (AvgIpc) is 3.28. The predicted molar refractivity (Wildman–Crippen MR) is 114 cm³/mol. The summed E-state index contributed by atoms with van der Waals surface area (Å²) in [5.41, 5.74) is 9.08. The van der Waals surface area contributed by atoms with Crippen LogP contribution in [-0.2, 0) is 0 Å². The van der Waals surface area contributed by atoms with Crippen molar-refractivity contribution in [3.05, 3.63) is 83.7 Å². The number of nitrogens with zero attached hydrogens (tertiary/aromatic N) is 2. The van der Waals surface area contributed by atoms with Crippen molar-refractivity contribution in [1.29, 1.82) is 0 Å². The predicted octanol–water partition coefficient (Wildman–Crippen LogP) is 3.83. The maximum absolute atomic E-state index is 13.1. The van der Waals surface area contributed by atoms with Gasteiger partial charge in [0.15, 0.2) is 0 Å². The molecule has 6 heteroatoms. The molecule has 30 heavy (non-hydrogen) atoms. The molecule has 0 bridgehead atoms. The standard InChI is InChI=1S/C24H23N3O3/c1-30-20-8-3-7-18(14-20)24(29)27-12-4-9-22(27)21-11-10-19(15-26-21)16-5-2-6-17(13-16)23(25)28/h2-3,5-8,10-11,13-15,22H,4,9,12H2,1H3,(H2,25,28)/t22-/m1/s1. The molecule has 2 heterocycles. The summed E-state index contributed by atoms with van der Waals surface area (Å²) < 4.78 is 5.25. The first-order valence-corrected chi connectivity index (χ1v) is 9.88. The van der Waals surface area contributed by atoms with Crippen LogP contribution in [-0.4, -0.2) is 35.4 Å². The summed E-state index contributed by atoms with van der Waals surface area (Å²) in [7, 11) is 1.59. The minimum Gasteiger partial charge on any atom is -0.497 e. The number of ether oxygens (including phenoxy) is 1. The molecule has 2 aromatic carbocycles. The van der Waals surface area contributed by atoms with Gasteiger partial charge in [0.05, 0.1) is 18.8 Å². The Kier molecular flexibility index (Phi) is 5.48. The summed E-state index contributed by atoms with van der Waals surface area (Å²) in [5, 5.41) is 0. The summed E-state index contributed by atoms with van der Waals surface area (Å²) in [5.74, 6) is 0.188. The second kappa shape index (κ2) is 8.37. The summed E-state index contributed by atoms with van der Waals surface area (Å²) in [6.07, 6.45) is 3.59. The van der Waals surface area contributed by atoms with E-state index in [2.05, 4.69) is 4.98 Å². The van der Waals surface area contributed by atoms with Gasteiger partial charge in [-0.1, -0.05) is 24.3 Å². The number of methoxy groups -OCH3 is 1. The third-order valence-corrected chi connectivity index (χ3v) is 5.44. The minimum absolute atomic E-state index is 0.0172. The number of primary amides is 1. The molecule has 152 valence electrons. The van der Waals surface area contributed by atoms with Crippen LogP contribution in [0.4, 0.5) is 0 Å². The number of likely N-dealkylation sites (tertiary alicyclic amines) is 1. The van der Waals surface area contributed by atoms with Crippen LogP contribution >= 0.6 is 0 Å². The number of carbonyl (C=O) groups excluding carboxylic acids is 2. The van der Waals surface area contributed by atoms with Crippen molar-refractivity contribution in [2.24, 2.45) is 5.73 Å². The Labute approximate surface area is 175 Å². The number of hydrogen-bond acceptors (Lipinski definition) is 4. The van der Waals surface area contributed by atoms with E-state index in [0.717, 1.165) is 29.7 Å². The molecule has 2 amide bonds. The molecule has 1 aliphatic rings. The second-order valence-electron chi connectivity index (χ2n) is 7.31. The minimum atomic E-state index is -0.459. The average molecular weight is 401 g/mol. The third-order valence-electron chi connectivity index (χ3n) is 5.44. The molecule has 4 rings (SSSR count). The molecule has 1 aromatic heterocycles. The largest absolute Gasteiger partial charge is 0.497 e. The topological polar surface area (TPSA) is 85.5 Å². The zero-order valence-corrected chi connectivity index (χ0v) is 16.7. The van der Waals surface area contributed by atoms with E-state index in [-0.39, 0.29) is 11.9 Å². The molecule has 3 aromatic rings. The zero-order valence-electron chi connectivity index (χ0n) is 16.7. The summed E-state index contributed by atoms with van der Waals surface area (Å²) in [4.78, 5) is 31.0. The Morgan fingerprint density at radius 2 is 1.83 bits per heavy atom. The van der Waals surface area contributed by atoms with Crippen molar-refractivity contribution >= 4 is 11.8 Å². The van der Waals surface area contributed by atoms with E-state index in [9.17, 15) is 9.59 Å². The van der Waals surface area contributed by atoms with Gasteiger partial charge in [-0.2, -0.15) is 0 Å². The third kappa shape index (κ3) is 3.89. The summed E-state index contributed by atoms with van der Waals surface area (Å²) in [6.45, 7) is 0.699. The van der Waals surface area contributed by atoms with Gasteiger partial charge in [-0.3, -0.25) is 14.6 Å². The molecule has 2 N–H and O–H groups in total. The van der Waals surface area contributed by atoms with Crippen LogP contribution < -0.4 is 10.5 Å². The number of rotatable bonds is 5. The second-order valence-corrected chi connectivity index (χ2v) is 7.31. The highest BCUT2D eigenvalue weighted by Crippen LogP contribution is 2.33. The first-order valence-electron chi connectivity index (χ1n) is 9.88. The van der Waals surface area contributed by atoms with Gasteiger partial charge in [0.1, 0.15) is 5.75 Å². The van der Waals surface area contributed by atoms with E-state index in [1.807, 2.05) is 41.3 Å². The van der Waals surface area contributed by atoms with Crippen molar-refractivity contribution in [2.45, 2.75) is 18.9 Å². The molecule has 0 unspecified atom stereocenters. The number of pyridine rings is 1. The number of nitrogens with two attached hydrogens (primary N) is 1. The van der Waals surface area contributed by atoms with Gasteiger partial charge in [-0.15, -0.1) is 0 Å². The number of amides is 2. The molecule has 1 aliphatic heterocycles. The van der Waals surface area contributed by atoms with Crippen molar-refractivity contribution in [2.75, 3.05) is 13.7 Å². The zero-order chi connectivity index (χ0) is 21.1. The van der Waals surface area contributed by atoms with Gasteiger partial charge < -0.3 is 15.4 Å². The van der Waals surface area contributed by atoms with Crippen LogP contribution in [0, 0.1) is 0 Å². The fourth-order valence-electron chi connectivity index (χ4n) is 3.86. The monoisotopic (exact) mass is 401 g/mol. The van der Waals surface area contributed by atoms with Gasteiger partial charge in [0.25, 0.3) is 5.91 Å². The Balaban J connectivity index is 1.56. The van der Waals surface area contributed by atoms with Gasteiger partial charge >= 0.3 is 0 Å². The first kappa shape index (κ1) is 19.6. The van der Waals surface area contributed by atoms with Gasteiger partial charge in [-0.25, -0.2) is 0 Å². The highest BCUT2D eigenvalue weighted by molar-refractivity contribution is 5.95. The number of hydrogen-bond donors (Lipinski definition) is 1. The molecule has 6 nitrogen and oxygen atoms in total. The molecule has 0 aliphatic carbocycles. The molecule has 1 atom stereocenters. The first-order chi connectivity index (χ1) is 14.6. The Hall–Kier alpha value is -3.67. The molecule has 0 saturated carbocycles. The summed E-state index contributed by atoms with van der Waals surface area (Å²) >= 11 is 0. The SMILES string of the molecule is COc1cccc(C(=O)N2CCC[C@@H]2c2ccc(-c3cccc(C(N)=O)c3)cn2)c1. The maximum Gasteiger partial charge on any atom is 0.254 e.